The molecule has 0 N–H and O–H groups in total. The lowest BCUT2D eigenvalue weighted by Gasteiger charge is -2.27. The minimum absolute atomic E-state index is 0.127. The van der Waals surface area contributed by atoms with Gasteiger partial charge in [-0.3, -0.25) is 4.79 Å². The van der Waals surface area contributed by atoms with Crippen LogP contribution in [0.1, 0.15) is 16.7 Å². The third-order valence-electron chi connectivity index (χ3n) is 8.82. The maximum Gasteiger partial charge on any atom is 0.167 e. The number of carbonyl (C=O) groups excluding carboxylic acids is 1. The molecule has 0 atom stereocenters. The van der Waals surface area contributed by atoms with E-state index in [4.69, 9.17) is 0 Å². The van der Waals surface area contributed by atoms with E-state index in [0.717, 1.165) is 56.4 Å². The van der Waals surface area contributed by atoms with Crippen molar-refractivity contribution in [2.45, 2.75) is 6.42 Å². The molecule has 7 aromatic carbocycles. The summed E-state index contributed by atoms with van der Waals surface area (Å²) in [5.41, 5.74) is 10.2. The normalized spacial score (nSPS) is 12.3. The first-order valence-corrected chi connectivity index (χ1v) is 15.9. The maximum absolute atomic E-state index is 13.7. The van der Waals surface area contributed by atoms with Gasteiger partial charge < -0.3 is 9.80 Å². The molecule has 47 heavy (non-hydrogen) atoms. The molecule has 7 aromatic rings. The summed E-state index contributed by atoms with van der Waals surface area (Å²) in [6, 6.07) is 60.8. The van der Waals surface area contributed by atoms with E-state index in [1.807, 2.05) is 18.2 Å². The number of benzene rings is 7. The molecule has 0 saturated heterocycles. The van der Waals surface area contributed by atoms with E-state index in [2.05, 4.69) is 174 Å². The van der Waals surface area contributed by atoms with Crippen molar-refractivity contribution in [1.82, 2.24) is 0 Å². The monoisotopic (exact) mass is 604 g/mol. The molecule has 0 saturated carbocycles. The van der Waals surface area contributed by atoms with Crippen molar-refractivity contribution in [3.63, 3.8) is 0 Å². The third-order valence-corrected chi connectivity index (χ3v) is 8.82. The van der Waals surface area contributed by atoms with E-state index in [1.165, 1.54) is 10.8 Å². The number of Topliss-reactive ketones (excluding diaryl/α,β-unsaturated/α-hetero) is 1. The SMILES string of the molecule is O=C1Cc2cc(N(c3ccccc3)c3ccccc3)ccc2C=C1c1ccc(N(c2ccccc2)c2cccc3ccccc23)cc1. The number of hydrogen-bond donors (Lipinski definition) is 0. The van der Waals surface area contributed by atoms with Crippen molar-refractivity contribution in [1.29, 1.82) is 0 Å². The molecular weight excluding hydrogens is 572 g/mol. The van der Waals surface area contributed by atoms with Crippen LogP contribution in [0.25, 0.3) is 22.4 Å². The van der Waals surface area contributed by atoms with Crippen LogP contribution in [0.15, 0.2) is 176 Å². The summed E-state index contributed by atoms with van der Waals surface area (Å²) in [7, 11) is 0. The van der Waals surface area contributed by atoms with Crippen LogP contribution >= 0.6 is 0 Å². The summed E-state index contributed by atoms with van der Waals surface area (Å²) in [5, 5.41) is 2.38. The van der Waals surface area contributed by atoms with Gasteiger partial charge in [0.1, 0.15) is 0 Å². The topological polar surface area (TPSA) is 23.6 Å². The maximum atomic E-state index is 13.7. The number of rotatable bonds is 7. The van der Waals surface area contributed by atoms with Gasteiger partial charge in [0.25, 0.3) is 0 Å². The summed E-state index contributed by atoms with van der Waals surface area (Å²) in [6.45, 7) is 0. The molecule has 1 aliphatic carbocycles. The van der Waals surface area contributed by atoms with E-state index in [1.54, 1.807) is 0 Å². The Labute approximate surface area is 275 Å². The number of allylic oxidation sites excluding steroid dienone is 1. The van der Waals surface area contributed by atoms with Gasteiger partial charge in [-0.1, -0.05) is 109 Å². The zero-order valence-electron chi connectivity index (χ0n) is 25.8. The Morgan fingerprint density at radius 1 is 0.447 bits per heavy atom. The second-order valence-corrected chi connectivity index (χ2v) is 11.8. The lowest BCUT2D eigenvalue weighted by Crippen LogP contribution is -2.14. The number of hydrogen-bond acceptors (Lipinski definition) is 3. The molecule has 3 heteroatoms. The average molecular weight is 605 g/mol. The Morgan fingerprint density at radius 2 is 0.979 bits per heavy atom. The molecule has 0 unspecified atom stereocenters. The zero-order chi connectivity index (χ0) is 31.6. The second-order valence-electron chi connectivity index (χ2n) is 11.8. The molecule has 0 fully saturated rings. The predicted octanol–water partition coefficient (Wildman–Crippen LogP) is 11.4. The van der Waals surface area contributed by atoms with Crippen LogP contribution in [0.2, 0.25) is 0 Å². The first-order valence-electron chi connectivity index (χ1n) is 15.9. The van der Waals surface area contributed by atoms with Crippen molar-refractivity contribution in [2.75, 3.05) is 9.80 Å². The molecule has 1 aliphatic rings. The van der Waals surface area contributed by atoms with Gasteiger partial charge in [0, 0.05) is 45.8 Å². The summed E-state index contributed by atoms with van der Waals surface area (Å²) in [6.07, 6.45) is 2.41. The van der Waals surface area contributed by atoms with Crippen LogP contribution in [-0.2, 0) is 11.2 Å². The second kappa shape index (κ2) is 12.3. The summed E-state index contributed by atoms with van der Waals surface area (Å²) >= 11 is 0. The van der Waals surface area contributed by atoms with Gasteiger partial charge in [-0.2, -0.15) is 0 Å². The fourth-order valence-electron chi connectivity index (χ4n) is 6.57. The van der Waals surface area contributed by atoms with Gasteiger partial charge in [-0.15, -0.1) is 0 Å². The van der Waals surface area contributed by atoms with Crippen LogP contribution in [0.3, 0.4) is 0 Å². The third kappa shape index (κ3) is 5.49. The minimum atomic E-state index is 0.127. The Bertz CT molecular complexity index is 2180. The number of ketones is 1. The first-order chi connectivity index (χ1) is 23.2. The molecule has 3 nitrogen and oxygen atoms in total. The molecule has 8 rings (SSSR count). The summed E-state index contributed by atoms with van der Waals surface area (Å²) < 4.78 is 0. The molecule has 0 amide bonds. The van der Waals surface area contributed by atoms with Crippen molar-refractivity contribution in [3.05, 3.63) is 193 Å². The lowest BCUT2D eigenvalue weighted by atomic mass is 9.87. The molecule has 0 heterocycles. The quantitative estimate of drug-likeness (QED) is 0.181. The Morgan fingerprint density at radius 3 is 1.64 bits per heavy atom. The van der Waals surface area contributed by atoms with Gasteiger partial charge in [-0.05, 0) is 94.9 Å². The molecule has 0 aromatic heterocycles. The fourth-order valence-corrected chi connectivity index (χ4v) is 6.57. The minimum Gasteiger partial charge on any atom is -0.310 e. The van der Waals surface area contributed by atoms with Gasteiger partial charge in [0.05, 0.1) is 5.69 Å². The first kappa shape index (κ1) is 28.3. The highest BCUT2D eigenvalue weighted by molar-refractivity contribution is 6.27. The van der Waals surface area contributed by atoms with Gasteiger partial charge in [0.2, 0.25) is 0 Å². The van der Waals surface area contributed by atoms with Crippen LogP contribution in [0.5, 0.6) is 0 Å². The molecule has 0 radical (unpaired) electrons. The highest BCUT2D eigenvalue weighted by Crippen LogP contribution is 2.40. The standard InChI is InChI=1S/C44H32N2O/c47-44-31-35-29-40(45(36-15-4-1-5-16-36)37-17-6-2-7-18-37)28-25-34(35)30-42(44)33-23-26-39(27-24-33)46(38-19-8-3-9-20-38)43-22-12-14-32-13-10-11-21-41(32)43/h1-30H,31H2. The number of fused-ring (bicyclic) bond motifs is 2. The number of carbonyl (C=O) groups is 1. The van der Waals surface area contributed by atoms with Crippen molar-refractivity contribution >= 4 is 62.3 Å². The predicted molar refractivity (Wildman–Crippen MR) is 196 cm³/mol. The average Bonchev–Trinajstić information content (AvgIpc) is 3.13. The van der Waals surface area contributed by atoms with Gasteiger partial charge in [0.15, 0.2) is 5.78 Å². The highest BCUT2D eigenvalue weighted by atomic mass is 16.1. The largest absolute Gasteiger partial charge is 0.310 e. The van der Waals surface area contributed by atoms with Crippen molar-refractivity contribution < 1.29 is 4.79 Å². The molecule has 224 valence electrons. The number of anilines is 6. The Kier molecular flexibility index (Phi) is 7.41. The van der Waals surface area contributed by atoms with Crippen molar-refractivity contribution in [3.8, 4) is 0 Å². The van der Waals surface area contributed by atoms with Crippen molar-refractivity contribution in [2.24, 2.45) is 0 Å². The van der Waals surface area contributed by atoms with Crippen LogP contribution in [0.4, 0.5) is 34.1 Å². The van der Waals surface area contributed by atoms with Gasteiger partial charge in [-0.25, -0.2) is 0 Å². The van der Waals surface area contributed by atoms with E-state index in [9.17, 15) is 4.79 Å². The van der Waals surface area contributed by atoms with Crippen LogP contribution in [-0.4, -0.2) is 5.78 Å². The fraction of sp³-hybridized carbons (Fsp3) is 0.0227. The van der Waals surface area contributed by atoms with Gasteiger partial charge >= 0.3 is 0 Å². The van der Waals surface area contributed by atoms with E-state index < -0.39 is 0 Å². The molecule has 0 aliphatic heterocycles. The van der Waals surface area contributed by atoms with E-state index >= 15 is 0 Å². The summed E-state index contributed by atoms with van der Waals surface area (Å²) in [5.74, 6) is 0.127. The number of nitrogens with zero attached hydrogens (tertiary/aromatic N) is 2. The molecule has 0 bridgehead atoms. The highest BCUT2D eigenvalue weighted by Gasteiger charge is 2.23. The lowest BCUT2D eigenvalue weighted by molar-refractivity contribution is -0.113. The van der Waals surface area contributed by atoms with E-state index in [0.29, 0.717) is 6.42 Å². The molecular formula is C44H32N2O. The Balaban J connectivity index is 1.15. The number of para-hydroxylation sites is 3. The zero-order valence-corrected chi connectivity index (χ0v) is 25.8. The smallest absolute Gasteiger partial charge is 0.167 e. The van der Waals surface area contributed by atoms with Crippen LogP contribution in [0, 0.1) is 0 Å². The Hall–Kier alpha value is -6.19. The molecule has 0 spiro atoms. The van der Waals surface area contributed by atoms with E-state index in [-0.39, 0.29) is 5.78 Å². The summed E-state index contributed by atoms with van der Waals surface area (Å²) in [4.78, 5) is 18.2. The van der Waals surface area contributed by atoms with Crippen LogP contribution < -0.4 is 9.80 Å².